The van der Waals surface area contributed by atoms with Gasteiger partial charge < -0.3 is 14.8 Å². The molecule has 0 aliphatic rings. The van der Waals surface area contributed by atoms with E-state index in [-0.39, 0.29) is 23.0 Å². The predicted octanol–water partition coefficient (Wildman–Crippen LogP) is 3.87. The second kappa shape index (κ2) is 7.98. The maximum absolute atomic E-state index is 12.5. The minimum atomic E-state index is -0.555. The zero-order valence-corrected chi connectivity index (χ0v) is 15.5. The number of carbonyl (C=O) groups is 1. The topological polar surface area (TPSA) is 90.7 Å². The molecule has 25 heavy (non-hydrogen) atoms. The predicted molar refractivity (Wildman–Crippen MR) is 96.2 cm³/mol. The first kappa shape index (κ1) is 18.7. The van der Waals surface area contributed by atoms with Crippen LogP contribution in [0.15, 0.2) is 40.9 Å². The van der Waals surface area contributed by atoms with E-state index in [2.05, 4.69) is 21.2 Å². The summed E-state index contributed by atoms with van der Waals surface area (Å²) in [5.41, 5.74) is 0.785. The number of nitrogens with one attached hydrogen (secondary N) is 1. The second-order valence-corrected chi connectivity index (χ2v) is 6.09. The van der Waals surface area contributed by atoms with Crippen molar-refractivity contribution in [3.63, 3.8) is 0 Å². The molecule has 1 amide bonds. The minimum absolute atomic E-state index is 0.108. The maximum Gasteiger partial charge on any atom is 0.270 e. The molecule has 0 heterocycles. The molecule has 132 valence electrons. The van der Waals surface area contributed by atoms with Crippen LogP contribution < -0.4 is 14.8 Å². The summed E-state index contributed by atoms with van der Waals surface area (Å²) >= 11 is 3.40. The van der Waals surface area contributed by atoms with E-state index in [1.54, 1.807) is 13.2 Å². The Morgan fingerprint density at radius 1 is 1.16 bits per heavy atom. The van der Waals surface area contributed by atoms with Crippen LogP contribution in [0.4, 0.5) is 5.69 Å². The lowest BCUT2D eigenvalue weighted by Gasteiger charge is -2.16. The van der Waals surface area contributed by atoms with Crippen LogP contribution in [0, 0.1) is 10.1 Å². The lowest BCUT2D eigenvalue weighted by molar-refractivity contribution is -0.384. The van der Waals surface area contributed by atoms with Crippen LogP contribution in [0.1, 0.15) is 28.9 Å². The van der Waals surface area contributed by atoms with Gasteiger partial charge in [0.15, 0.2) is 0 Å². The molecular formula is C17H17BrN2O5. The van der Waals surface area contributed by atoms with E-state index in [9.17, 15) is 14.9 Å². The molecule has 7 nitrogen and oxygen atoms in total. The Bertz CT molecular complexity index is 810. The molecule has 8 heteroatoms. The van der Waals surface area contributed by atoms with Gasteiger partial charge in [-0.3, -0.25) is 14.9 Å². The molecule has 0 bridgehead atoms. The van der Waals surface area contributed by atoms with Crippen LogP contribution in [-0.2, 0) is 0 Å². The van der Waals surface area contributed by atoms with Gasteiger partial charge in [0.2, 0.25) is 0 Å². The Hall–Kier alpha value is -2.61. The lowest BCUT2D eigenvalue weighted by atomic mass is 10.1. The fourth-order valence-corrected chi connectivity index (χ4v) is 2.86. The maximum atomic E-state index is 12.5. The van der Waals surface area contributed by atoms with Crippen LogP contribution in [0.2, 0.25) is 0 Å². The molecule has 0 spiro atoms. The number of hydrogen-bond acceptors (Lipinski definition) is 5. The van der Waals surface area contributed by atoms with Crippen molar-refractivity contribution in [1.82, 2.24) is 5.32 Å². The van der Waals surface area contributed by atoms with Crippen LogP contribution in [0.5, 0.6) is 11.5 Å². The molecule has 1 atom stereocenters. The average Bonchev–Trinajstić information content (AvgIpc) is 2.60. The molecule has 0 aliphatic heterocycles. The number of nitro groups is 1. The number of halogens is 1. The van der Waals surface area contributed by atoms with Gasteiger partial charge >= 0.3 is 0 Å². The van der Waals surface area contributed by atoms with Gasteiger partial charge in [0.25, 0.3) is 11.6 Å². The van der Waals surface area contributed by atoms with Gasteiger partial charge in [-0.15, -0.1) is 0 Å². The Balaban J connectivity index is 2.25. The number of rotatable bonds is 6. The molecule has 0 radical (unpaired) electrons. The Kier molecular flexibility index (Phi) is 5.97. The van der Waals surface area contributed by atoms with E-state index in [1.807, 2.05) is 19.1 Å². The highest BCUT2D eigenvalue weighted by Crippen LogP contribution is 2.29. The summed E-state index contributed by atoms with van der Waals surface area (Å²) in [5, 5.41) is 13.7. The molecule has 2 aromatic carbocycles. The standard InChI is InChI=1S/C17H17BrN2O5/c1-10(11-4-6-16(25-3)14(18)8-11)19-17(21)13-9-12(20(22)23)5-7-15(13)24-2/h4-10H,1-3H3,(H,19,21). The van der Waals surface area contributed by atoms with E-state index in [1.165, 1.54) is 25.3 Å². The molecule has 1 unspecified atom stereocenters. The van der Waals surface area contributed by atoms with E-state index < -0.39 is 10.8 Å². The normalized spacial score (nSPS) is 11.5. The van der Waals surface area contributed by atoms with Crippen LogP contribution >= 0.6 is 15.9 Å². The summed E-state index contributed by atoms with van der Waals surface area (Å²) in [6, 6.07) is 9.04. The largest absolute Gasteiger partial charge is 0.496 e. The van der Waals surface area contributed by atoms with Crippen molar-refractivity contribution in [2.24, 2.45) is 0 Å². The van der Waals surface area contributed by atoms with Gasteiger partial charge in [-0.25, -0.2) is 0 Å². The third-order valence-electron chi connectivity index (χ3n) is 3.66. The van der Waals surface area contributed by atoms with Gasteiger partial charge in [0, 0.05) is 12.1 Å². The SMILES string of the molecule is COc1ccc(C(C)NC(=O)c2cc([N+](=O)[O-])ccc2OC)cc1Br. The van der Waals surface area contributed by atoms with Crippen LogP contribution in [0.3, 0.4) is 0 Å². The number of non-ortho nitro benzene ring substituents is 1. The van der Waals surface area contributed by atoms with E-state index in [0.29, 0.717) is 5.75 Å². The van der Waals surface area contributed by atoms with Gasteiger partial charge in [-0.2, -0.15) is 0 Å². The molecule has 2 aromatic rings. The zero-order chi connectivity index (χ0) is 18.6. The molecule has 0 aliphatic carbocycles. The average molecular weight is 409 g/mol. The number of methoxy groups -OCH3 is 2. The number of nitro benzene ring substituents is 1. The summed E-state index contributed by atoms with van der Waals surface area (Å²) in [6.07, 6.45) is 0. The fraction of sp³-hybridized carbons (Fsp3) is 0.235. The first-order chi connectivity index (χ1) is 11.9. The highest BCUT2D eigenvalue weighted by Gasteiger charge is 2.19. The van der Waals surface area contributed by atoms with E-state index >= 15 is 0 Å². The second-order valence-electron chi connectivity index (χ2n) is 5.23. The van der Waals surface area contributed by atoms with Crippen molar-refractivity contribution < 1.29 is 19.2 Å². The van der Waals surface area contributed by atoms with Crippen molar-refractivity contribution >= 4 is 27.5 Å². The molecule has 2 rings (SSSR count). The number of nitrogens with zero attached hydrogens (tertiary/aromatic N) is 1. The summed E-state index contributed by atoms with van der Waals surface area (Å²) in [7, 11) is 2.97. The van der Waals surface area contributed by atoms with Crippen molar-refractivity contribution in [3.8, 4) is 11.5 Å². The quantitative estimate of drug-likeness (QED) is 0.578. The van der Waals surface area contributed by atoms with Crippen molar-refractivity contribution in [1.29, 1.82) is 0 Å². The van der Waals surface area contributed by atoms with Gasteiger partial charge in [-0.1, -0.05) is 6.07 Å². The van der Waals surface area contributed by atoms with Gasteiger partial charge in [-0.05, 0) is 46.6 Å². The molecule has 0 saturated carbocycles. The lowest BCUT2D eigenvalue weighted by Crippen LogP contribution is -2.27. The summed E-state index contributed by atoms with van der Waals surface area (Å²) in [6.45, 7) is 1.82. The molecule has 0 fully saturated rings. The van der Waals surface area contributed by atoms with E-state index in [0.717, 1.165) is 10.0 Å². The minimum Gasteiger partial charge on any atom is -0.496 e. The Labute approximate surface area is 153 Å². The monoisotopic (exact) mass is 408 g/mol. The van der Waals surface area contributed by atoms with Gasteiger partial charge in [0.1, 0.15) is 11.5 Å². The first-order valence-corrected chi connectivity index (χ1v) is 8.13. The molecule has 0 saturated heterocycles. The van der Waals surface area contributed by atoms with Crippen molar-refractivity contribution in [2.75, 3.05) is 14.2 Å². The van der Waals surface area contributed by atoms with E-state index in [4.69, 9.17) is 9.47 Å². The zero-order valence-electron chi connectivity index (χ0n) is 13.9. The summed E-state index contributed by atoms with van der Waals surface area (Å²) in [4.78, 5) is 22.9. The van der Waals surface area contributed by atoms with Gasteiger partial charge in [0.05, 0.1) is 35.2 Å². The van der Waals surface area contributed by atoms with Crippen molar-refractivity contribution in [3.05, 3.63) is 62.1 Å². The highest BCUT2D eigenvalue weighted by molar-refractivity contribution is 9.10. The van der Waals surface area contributed by atoms with Crippen molar-refractivity contribution in [2.45, 2.75) is 13.0 Å². The third kappa shape index (κ3) is 4.27. The number of benzene rings is 2. The Morgan fingerprint density at radius 2 is 1.80 bits per heavy atom. The third-order valence-corrected chi connectivity index (χ3v) is 4.28. The Morgan fingerprint density at radius 3 is 2.36 bits per heavy atom. The molecule has 1 N–H and O–H groups in total. The number of amides is 1. The summed E-state index contributed by atoms with van der Waals surface area (Å²) in [5.74, 6) is 0.494. The fourth-order valence-electron chi connectivity index (χ4n) is 2.30. The highest BCUT2D eigenvalue weighted by atomic mass is 79.9. The number of ether oxygens (including phenoxy) is 2. The molecular weight excluding hydrogens is 392 g/mol. The number of hydrogen-bond donors (Lipinski definition) is 1. The summed E-state index contributed by atoms with van der Waals surface area (Å²) < 4.78 is 11.1. The smallest absolute Gasteiger partial charge is 0.270 e. The number of carbonyl (C=O) groups excluding carboxylic acids is 1. The molecule has 0 aromatic heterocycles. The van der Waals surface area contributed by atoms with Crippen LogP contribution in [-0.4, -0.2) is 25.1 Å². The van der Waals surface area contributed by atoms with Crippen LogP contribution in [0.25, 0.3) is 0 Å². The first-order valence-electron chi connectivity index (χ1n) is 7.34.